The molecule has 1 saturated heterocycles. The van der Waals surface area contributed by atoms with Crippen LogP contribution in [-0.2, 0) is 4.79 Å². The van der Waals surface area contributed by atoms with Gasteiger partial charge in [-0.05, 0) is 61.4 Å². The molecule has 164 valence electrons. The molecular formula is C23H22Cl3NO4. The number of aromatic hydroxyl groups is 2. The number of halogens is 3. The molecule has 1 heterocycles. The van der Waals surface area contributed by atoms with E-state index in [1.165, 1.54) is 7.11 Å². The van der Waals surface area contributed by atoms with Crippen molar-refractivity contribution in [2.45, 2.75) is 19.9 Å². The Morgan fingerprint density at radius 2 is 1.35 bits per heavy atom. The average molecular weight is 483 g/mol. The summed E-state index contributed by atoms with van der Waals surface area (Å²) in [5.74, 6) is -0.220. The molecule has 0 bridgehead atoms. The van der Waals surface area contributed by atoms with Gasteiger partial charge in [-0.3, -0.25) is 9.69 Å². The van der Waals surface area contributed by atoms with E-state index in [0.717, 1.165) is 0 Å². The second kappa shape index (κ2) is 9.53. The lowest BCUT2D eigenvalue weighted by molar-refractivity contribution is -0.113. The molecule has 0 aromatic heterocycles. The van der Waals surface area contributed by atoms with E-state index >= 15 is 0 Å². The van der Waals surface area contributed by atoms with Crippen LogP contribution in [0.1, 0.15) is 25.0 Å². The van der Waals surface area contributed by atoms with Crippen LogP contribution in [0.2, 0.25) is 15.1 Å². The molecule has 0 amide bonds. The first-order chi connectivity index (χ1) is 14.6. The summed E-state index contributed by atoms with van der Waals surface area (Å²) in [4.78, 5) is 15.4. The van der Waals surface area contributed by atoms with Gasteiger partial charge in [0.05, 0.1) is 22.2 Å². The predicted molar refractivity (Wildman–Crippen MR) is 125 cm³/mol. The topological polar surface area (TPSA) is 70.0 Å². The number of phenolic OH excluding ortho intramolecular Hbond substituents is 2. The first kappa shape index (κ1) is 23.5. The lowest BCUT2D eigenvalue weighted by atomic mass is 9.93. The van der Waals surface area contributed by atoms with E-state index in [-0.39, 0.29) is 44.1 Å². The molecule has 0 aliphatic carbocycles. The normalized spacial score (nSPS) is 17.7. The summed E-state index contributed by atoms with van der Waals surface area (Å²) in [6, 6.07) is 6.52. The monoisotopic (exact) mass is 481 g/mol. The number of piperidine rings is 1. The van der Waals surface area contributed by atoms with Gasteiger partial charge in [0.25, 0.3) is 0 Å². The van der Waals surface area contributed by atoms with E-state index in [2.05, 4.69) is 18.7 Å². The Hall–Kier alpha value is -2.18. The molecule has 0 atom stereocenters. The summed E-state index contributed by atoms with van der Waals surface area (Å²) in [5.41, 5.74) is 2.41. The number of carbonyl (C=O) groups excluding carboxylic acids is 1. The third-order valence-corrected chi connectivity index (χ3v) is 5.92. The number of likely N-dealkylation sites (tertiary alicyclic amines) is 1. The van der Waals surface area contributed by atoms with Gasteiger partial charge in [0.1, 0.15) is 0 Å². The van der Waals surface area contributed by atoms with Crippen molar-refractivity contribution in [1.29, 1.82) is 0 Å². The van der Waals surface area contributed by atoms with E-state index in [0.29, 0.717) is 35.4 Å². The van der Waals surface area contributed by atoms with Gasteiger partial charge in [-0.15, -0.1) is 0 Å². The molecule has 0 saturated carbocycles. The van der Waals surface area contributed by atoms with Crippen molar-refractivity contribution in [3.63, 3.8) is 0 Å². The second-order valence-electron chi connectivity index (χ2n) is 7.55. The fraction of sp³-hybridized carbons (Fsp3) is 0.261. The van der Waals surface area contributed by atoms with Crippen LogP contribution >= 0.6 is 34.8 Å². The lowest BCUT2D eigenvalue weighted by Crippen LogP contribution is -2.41. The van der Waals surface area contributed by atoms with Crippen LogP contribution in [0.25, 0.3) is 12.2 Å². The highest BCUT2D eigenvalue weighted by atomic mass is 35.5. The minimum absolute atomic E-state index is 0.111. The number of rotatable bonds is 4. The van der Waals surface area contributed by atoms with Crippen molar-refractivity contribution in [3.8, 4) is 17.2 Å². The summed E-state index contributed by atoms with van der Waals surface area (Å²) >= 11 is 18.2. The van der Waals surface area contributed by atoms with Gasteiger partial charge in [0, 0.05) is 30.3 Å². The maximum atomic E-state index is 13.3. The van der Waals surface area contributed by atoms with Gasteiger partial charge >= 0.3 is 0 Å². The van der Waals surface area contributed by atoms with Crippen LogP contribution in [0.5, 0.6) is 17.2 Å². The zero-order chi connectivity index (χ0) is 22.9. The highest BCUT2D eigenvalue weighted by Crippen LogP contribution is 2.37. The molecule has 1 aliphatic rings. The van der Waals surface area contributed by atoms with Gasteiger partial charge in [-0.2, -0.15) is 0 Å². The van der Waals surface area contributed by atoms with Gasteiger partial charge in [-0.25, -0.2) is 0 Å². The number of ketones is 1. The number of methoxy groups -OCH3 is 1. The molecule has 1 aliphatic heterocycles. The number of benzene rings is 2. The average Bonchev–Trinajstić information content (AvgIpc) is 2.71. The quantitative estimate of drug-likeness (QED) is 0.537. The van der Waals surface area contributed by atoms with Gasteiger partial charge in [-0.1, -0.05) is 34.8 Å². The number of carbonyl (C=O) groups is 1. The van der Waals surface area contributed by atoms with E-state index in [1.807, 2.05) is 0 Å². The third-order valence-electron chi connectivity index (χ3n) is 5.05. The van der Waals surface area contributed by atoms with Crippen molar-refractivity contribution >= 4 is 52.7 Å². The van der Waals surface area contributed by atoms with E-state index < -0.39 is 0 Å². The molecule has 31 heavy (non-hydrogen) atoms. The first-order valence-electron chi connectivity index (χ1n) is 9.55. The lowest BCUT2D eigenvalue weighted by Gasteiger charge is -2.32. The van der Waals surface area contributed by atoms with Crippen LogP contribution in [0.4, 0.5) is 0 Å². The van der Waals surface area contributed by atoms with Crippen LogP contribution in [0.15, 0.2) is 35.4 Å². The summed E-state index contributed by atoms with van der Waals surface area (Å²) < 4.78 is 5.16. The fourth-order valence-electron chi connectivity index (χ4n) is 3.33. The van der Waals surface area contributed by atoms with Crippen molar-refractivity contribution in [3.05, 3.63) is 61.6 Å². The Labute approximate surface area is 196 Å². The summed E-state index contributed by atoms with van der Waals surface area (Å²) in [7, 11) is 1.43. The Kier molecular flexibility index (Phi) is 7.22. The number of ether oxygens (including phenoxy) is 1. The zero-order valence-electron chi connectivity index (χ0n) is 17.2. The standard InChI is InChI=1S/C23H22Cl3NO4/c1-12(2)27-10-15(4-13-6-17(24)22(29)18(25)7-13)21(28)16(11-27)5-14-8-19(26)23(30)20(9-14)31-3/h4-9,12,29-30H,10-11H2,1-3H3/b15-4+,16-5+. The van der Waals surface area contributed by atoms with Crippen LogP contribution in [0.3, 0.4) is 0 Å². The molecule has 3 rings (SSSR count). The minimum atomic E-state index is -0.192. The van der Waals surface area contributed by atoms with Crippen molar-refractivity contribution in [2.75, 3.05) is 20.2 Å². The SMILES string of the molecule is COc1cc(/C=C2\CN(C(C)C)C/C(=C\c3cc(Cl)c(O)c(Cl)c3)C2=O)cc(Cl)c1O. The van der Waals surface area contributed by atoms with E-state index in [1.54, 1.807) is 36.4 Å². The maximum Gasteiger partial charge on any atom is 0.187 e. The number of hydrogen-bond acceptors (Lipinski definition) is 5. The van der Waals surface area contributed by atoms with E-state index in [4.69, 9.17) is 39.5 Å². The molecule has 8 heteroatoms. The zero-order valence-corrected chi connectivity index (χ0v) is 19.5. The smallest absolute Gasteiger partial charge is 0.187 e. The van der Waals surface area contributed by atoms with Crippen LogP contribution < -0.4 is 4.74 Å². The molecule has 2 N–H and O–H groups in total. The fourth-order valence-corrected chi connectivity index (χ4v) is 4.06. The molecule has 2 aromatic rings. The molecule has 2 aromatic carbocycles. The Morgan fingerprint density at radius 3 is 1.81 bits per heavy atom. The molecular weight excluding hydrogens is 461 g/mol. The largest absolute Gasteiger partial charge is 0.505 e. The Bertz CT molecular complexity index is 1070. The predicted octanol–water partition coefficient (Wildman–Crippen LogP) is 5.83. The first-order valence-corrected chi connectivity index (χ1v) is 10.7. The molecule has 5 nitrogen and oxygen atoms in total. The van der Waals surface area contributed by atoms with Gasteiger partial charge in [0.2, 0.25) is 0 Å². The van der Waals surface area contributed by atoms with E-state index in [9.17, 15) is 15.0 Å². The second-order valence-corrected chi connectivity index (χ2v) is 8.78. The van der Waals surface area contributed by atoms with Crippen molar-refractivity contribution in [1.82, 2.24) is 4.90 Å². The van der Waals surface area contributed by atoms with Crippen LogP contribution in [-0.4, -0.2) is 47.1 Å². The molecule has 1 fully saturated rings. The van der Waals surface area contributed by atoms with Crippen molar-refractivity contribution < 1.29 is 19.7 Å². The number of phenols is 2. The van der Waals surface area contributed by atoms with Crippen LogP contribution in [0, 0.1) is 0 Å². The maximum absolute atomic E-state index is 13.3. The number of nitrogens with zero attached hydrogens (tertiary/aromatic N) is 1. The summed E-state index contributed by atoms with van der Waals surface area (Å²) in [5, 5.41) is 20.1. The number of Topliss-reactive ketones (excluding diaryl/α,β-unsaturated/α-hetero) is 1. The molecule has 0 unspecified atom stereocenters. The Morgan fingerprint density at radius 1 is 0.903 bits per heavy atom. The highest BCUT2D eigenvalue weighted by molar-refractivity contribution is 6.37. The minimum Gasteiger partial charge on any atom is -0.505 e. The van der Waals surface area contributed by atoms with Gasteiger partial charge in [0.15, 0.2) is 23.0 Å². The molecule has 0 radical (unpaired) electrons. The summed E-state index contributed by atoms with van der Waals surface area (Å²) in [6.45, 7) is 5.04. The van der Waals surface area contributed by atoms with Crippen molar-refractivity contribution in [2.24, 2.45) is 0 Å². The summed E-state index contributed by atoms with van der Waals surface area (Å²) in [6.07, 6.45) is 3.47. The third kappa shape index (κ3) is 5.18. The number of hydrogen-bond donors (Lipinski definition) is 2. The highest BCUT2D eigenvalue weighted by Gasteiger charge is 2.28. The molecule has 0 spiro atoms. The Balaban J connectivity index is 2.05. The van der Waals surface area contributed by atoms with Gasteiger partial charge < -0.3 is 14.9 Å².